The Kier molecular flexibility index (Phi) is 5.50. The number of nitrogens with one attached hydrogen (secondary N) is 1. The molecule has 0 fully saturated rings. The van der Waals surface area contributed by atoms with Crippen LogP contribution in [0.4, 0.5) is 4.39 Å². The minimum Gasteiger partial charge on any atom is -0.396 e. The van der Waals surface area contributed by atoms with Crippen molar-refractivity contribution < 1.29 is 14.3 Å². The molecule has 0 radical (unpaired) electrons. The standard InChI is InChI=1S/C17H22FN3O2/c1-11(2)15(7-8-22)19-17(23)16-9-12(3)21(20-16)14-6-4-5-13(18)10-14/h4-6,9-11,15,22H,7-8H2,1-3H3,(H,19,23). The predicted molar refractivity (Wildman–Crippen MR) is 86.1 cm³/mol. The Balaban J connectivity index is 2.21. The van der Waals surface area contributed by atoms with Crippen molar-refractivity contribution in [3.63, 3.8) is 0 Å². The van der Waals surface area contributed by atoms with Crippen molar-refractivity contribution in [2.75, 3.05) is 6.61 Å². The first-order valence-corrected chi connectivity index (χ1v) is 7.66. The molecule has 2 N–H and O–H groups in total. The number of hydrogen-bond donors (Lipinski definition) is 2. The monoisotopic (exact) mass is 319 g/mol. The molecule has 1 unspecified atom stereocenters. The molecule has 23 heavy (non-hydrogen) atoms. The van der Waals surface area contributed by atoms with E-state index in [2.05, 4.69) is 10.4 Å². The zero-order valence-electron chi connectivity index (χ0n) is 13.6. The Morgan fingerprint density at radius 1 is 1.39 bits per heavy atom. The molecule has 1 heterocycles. The summed E-state index contributed by atoms with van der Waals surface area (Å²) in [5.74, 6) is -0.445. The molecule has 0 saturated heterocycles. The SMILES string of the molecule is Cc1cc(C(=O)NC(CCO)C(C)C)nn1-c1cccc(F)c1. The van der Waals surface area contributed by atoms with Crippen LogP contribution in [0.3, 0.4) is 0 Å². The number of rotatable bonds is 6. The molecular weight excluding hydrogens is 297 g/mol. The fourth-order valence-corrected chi connectivity index (χ4v) is 2.41. The summed E-state index contributed by atoms with van der Waals surface area (Å²) in [6.45, 7) is 5.79. The molecule has 0 aliphatic carbocycles. The van der Waals surface area contributed by atoms with Crippen LogP contribution < -0.4 is 5.32 Å². The quantitative estimate of drug-likeness (QED) is 0.859. The van der Waals surface area contributed by atoms with Crippen LogP contribution in [0.5, 0.6) is 0 Å². The summed E-state index contributed by atoms with van der Waals surface area (Å²) < 4.78 is 14.9. The number of halogens is 1. The lowest BCUT2D eigenvalue weighted by Gasteiger charge is -2.20. The average Bonchev–Trinajstić information content (AvgIpc) is 2.88. The smallest absolute Gasteiger partial charge is 0.272 e. The fourth-order valence-electron chi connectivity index (χ4n) is 2.41. The lowest BCUT2D eigenvalue weighted by molar-refractivity contribution is 0.0911. The number of aliphatic hydroxyl groups is 1. The summed E-state index contributed by atoms with van der Waals surface area (Å²) in [6.07, 6.45) is 0.493. The largest absolute Gasteiger partial charge is 0.396 e. The van der Waals surface area contributed by atoms with E-state index < -0.39 is 0 Å². The van der Waals surface area contributed by atoms with E-state index in [-0.39, 0.29) is 36.0 Å². The topological polar surface area (TPSA) is 67.2 Å². The highest BCUT2D eigenvalue weighted by Gasteiger charge is 2.19. The summed E-state index contributed by atoms with van der Waals surface area (Å²) in [6, 6.07) is 7.60. The van der Waals surface area contributed by atoms with E-state index in [0.717, 1.165) is 5.69 Å². The molecular formula is C17H22FN3O2. The van der Waals surface area contributed by atoms with E-state index in [0.29, 0.717) is 12.1 Å². The van der Waals surface area contributed by atoms with Gasteiger partial charge in [-0.25, -0.2) is 9.07 Å². The number of amides is 1. The molecule has 0 spiro atoms. The molecule has 1 amide bonds. The van der Waals surface area contributed by atoms with Gasteiger partial charge in [0.2, 0.25) is 0 Å². The molecule has 1 atom stereocenters. The van der Waals surface area contributed by atoms with Crippen molar-refractivity contribution >= 4 is 5.91 Å². The van der Waals surface area contributed by atoms with Crippen molar-refractivity contribution in [3.05, 3.63) is 47.5 Å². The summed E-state index contributed by atoms with van der Waals surface area (Å²) in [4.78, 5) is 12.4. The molecule has 1 aromatic carbocycles. The predicted octanol–water partition coefficient (Wildman–Crippen LogP) is 2.46. The van der Waals surface area contributed by atoms with E-state index in [1.165, 1.54) is 16.8 Å². The second kappa shape index (κ2) is 7.37. The van der Waals surface area contributed by atoms with Crippen molar-refractivity contribution in [2.45, 2.75) is 33.2 Å². The summed E-state index contributed by atoms with van der Waals surface area (Å²) >= 11 is 0. The van der Waals surface area contributed by atoms with E-state index in [1.54, 1.807) is 18.2 Å². The molecule has 5 nitrogen and oxygen atoms in total. The van der Waals surface area contributed by atoms with Gasteiger partial charge in [0.1, 0.15) is 5.82 Å². The van der Waals surface area contributed by atoms with Crippen LogP contribution in [0.15, 0.2) is 30.3 Å². The van der Waals surface area contributed by atoms with Crippen LogP contribution in [0.1, 0.15) is 36.5 Å². The average molecular weight is 319 g/mol. The number of benzene rings is 1. The Morgan fingerprint density at radius 3 is 2.74 bits per heavy atom. The highest BCUT2D eigenvalue weighted by atomic mass is 19.1. The second-order valence-electron chi connectivity index (χ2n) is 5.90. The van der Waals surface area contributed by atoms with Gasteiger partial charge in [-0.3, -0.25) is 4.79 Å². The Morgan fingerprint density at radius 2 is 2.13 bits per heavy atom. The van der Waals surface area contributed by atoms with Gasteiger partial charge >= 0.3 is 0 Å². The Hall–Kier alpha value is -2.21. The van der Waals surface area contributed by atoms with Gasteiger partial charge in [0.25, 0.3) is 5.91 Å². The van der Waals surface area contributed by atoms with E-state index in [1.807, 2.05) is 20.8 Å². The minimum absolute atomic E-state index is 0.0138. The third kappa shape index (κ3) is 4.16. The first-order valence-electron chi connectivity index (χ1n) is 7.66. The number of carbonyl (C=O) groups excluding carboxylic acids is 1. The maximum Gasteiger partial charge on any atom is 0.272 e. The van der Waals surface area contributed by atoms with Gasteiger partial charge in [-0.1, -0.05) is 19.9 Å². The first kappa shape index (κ1) is 17.1. The maximum atomic E-state index is 13.4. The van der Waals surface area contributed by atoms with Crippen molar-refractivity contribution in [2.24, 2.45) is 5.92 Å². The first-order chi connectivity index (χ1) is 10.9. The van der Waals surface area contributed by atoms with Crippen LogP contribution in [0.2, 0.25) is 0 Å². The van der Waals surface area contributed by atoms with Crippen LogP contribution in [0, 0.1) is 18.7 Å². The molecule has 2 aromatic rings. The van der Waals surface area contributed by atoms with Crippen LogP contribution in [0.25, 0.3) is 5.69 Å². The highest BCUT2D eigenvalue weighted by Crippen LogP contribution is 2.14. The molecule has 0 bridgehead atoms. The summed E-state index contributed by atoms with van der Waals surface area (Å²) in [5, 5.41) is 16.2. The fraction of sp³-hybridized carbons (Fsp3) is 0.412. The zero-order chi connectivity index (χ0) is 17.0. The van der Waals surface area contributed by atoms with Crippen LogP contribution in [-0.4, -0.2) is 33.4 Å². The lowest BCUT2D eigenvalue weighted by atomic mass is 10.0. The second-order valence-corrected chi connectivity index (χ2v) is 5.90. The zero-order valence-corrected chi connectivity index (χ0v) is 13.6. The van der Waals surface area contributed by atoms with Crippen molar-refractivity contribution in [1.29, 1.82) is 0 Å². The molecule has 124 valence electrons. The van der Waals surface area contributed by atoms with Crippen LogP contribution >= 0.6 is 0 Å². The number of aliphatic hydroxyl groups excluding tert-OH is 1. The Labute approximate surface area is 135 Å². The maximum absolute atomic E-state index is 13.4. The minimum atomic E-state index is -0.355. The van der Waals surface area contributed by atoms with Crippen molar-refractivity contribution in [1.82, 2.24) is 15.1 Å². The summed E-state index contributed by atoms with van der Waals surface area (Å²) in [5.41, 5.74) is 1.58. The normalized spacial score (nSPS) is 12.4. The number of aryl methyl sites for hydroxylation is 1. The van der Waals surface area contributed by atoms with Gasteiger partial charge in [-0.2, -0.15) is 5.10 Å². The number of carbonyl (C=O) groups is 1. The van der Waals surface area contributed by atoms with E-state index in [9.17, 15) is 9.18 Å². The number of nitrogens with zero attached hydrogens (tertiary/aromatic N) is 2. The number of hydrogen-bond acceptors (Lipinski definition) is 3. The lowest BCUT2D eigenvalue weighted by Crippen LogP contribution is -2.39. The number of aromatic nitrogens is 2. The van der Waals surface area contributed by atoms with Gasteiger partial charge in [0, 0.05) is 18.3 Å². The third-order valence-corrected chi connectivity index (χ3v) is 3.73. The third-order valence-electron chi connectivity index (χ3n) is 3.73. The van der Waals surface area contributed by atoms with Gasteiger partial charge < -0.3 is 10.4 Å². The molecule has 2 rings (SSSR count). The highest BCUT2D eigenvalue weighted by molar-refractivity contribution is 5.92. The van der Waals surface area contributed by atoms with Gasteiger partial charge in [0.15, 0.2) is 5.69 Å². The summed E-state index contributed by atoms with van der Waals surface area (Å²) in [7, 11) is 0. The van der Waals surface area contributed by atoms with Crippen molar-refractivity contribution in [3.8, 4) is 5.69 Å². The molecule has 0 aliphatic rings. The van der Waals surface area contributed by atoms with Gasteiger partial charge in [0.05, 0.1) is 5.69 Å². The van der Waals surface area contributed by atoms with Gasteiger partial charge in [-0.05, 0) is 43.5 Å². The molecule has 6 heteroatoms. The van der Waals surface area contributed by atoms with Gasteiger partial charge in [-0.15, -0.1) is 0 Å². The molecule has 0 saturated carbocycles. The Bertz CT molecular complexity index is 682. The van der Waals surface area contributed by atoms with E-state index >= 15 is 0 Å². The molecule has 1 aromatic heterocycles. The van der Waals surface area contributed by atoms with E-state index in [4.69, 9.17) is 5.11 Å². The van der Waals surface area contributed by atoms with Crippen LogP contribution in [-0.2, 0) is 0 Å². The molecule has 0 aliphatic heterocycles.